The lowest BCUT2D eigenvalue weighted by Crippen LogP contribution is -2.27. The quantitative estimate of drug-likeness (QED) is 0.935. The second kappa shape index (κ2) is 5.95. The summed E-state index contributed by atoms with van der Waals surface area (Å²) in [6, 6.07) is 6.78. The topological polar surface area (TPSA) is 41.3 Å². The van der Waals surface area contributed by atoms with Crippen molar-refractivity contribution in [3.05, 3.63) is 53.6 Å². The summed E-state index contributed by atoms with van der Waals surface area (Å²) in [7, 11) is 1.90. The van der Waals surface area contributed by atoms with Crippen molar-refractivity contribution in [1.82, 2.24) is 14.7 Å². The molecule has 0 bridgehead atoms. The Balaban J connectivity index is 1.70. The van der Waals surface area contributed by atoms with Gasteiger partial charge >= 0.3 is 0 Å². The lowest BCUT2D eigenvalue weighted by molar-refractivity contribution is 0.175. The summed E-state index contributed by atoms with van der Waals surface area (Å²) >= 11 is 0. The highest BCUT2D eigenvalue weighted by molar-refractivity contribution is 5.22. The van der Waals surface area contributed by atoms with Crippen LogP contribution in [0.1, 0.15) is 23.6 Å². The number of likely N-dealkylation sites (tertiary alicyclic amines) is 1. The highest BCUT2D eigenvalue weighted by Crippen LogP contribution is 2.32. The second-order valence-corrected chi connectivity index (χ2v) is 5.73. The van der Waals surface area contributed by atoms with Crippen molar-refractivity contribution in [3.63, 3.8) is 0 Å². The third-order valence-corrected chi connectivity index (χ3v) is 4.06. The zero-order valence-electron chi connectivity index (χ0n) is 12.1. The van der Waals surface area contributed by atoms with Gasteiger partial charge < -0.3 is 5.11 Å². The molecule has 1 N–H and O–H groups in total. The SMILES string of the molecule is Cn1cc(CCN2CC(O)CC2c2cccc(F)c2)cn1. The molecule has 1 aliphatic heterocycles. The molecule has 1 aromatic heterocycles. The van der Waals surface area contributed by atoms with Crippen LogP contribution >= 0.6 is 0 Å². The molecule has 0 radical (unpaired) electrons. The van der Waals surface area contributed by atoms with Gasteiger partial charge in [0.1, 0.15) is 5.82 Å². The van der Waals surface area contributed by atoms with Crippen LogP contribution in [0.5, 0.6) is 0 Å². The maximum absolute atomic E-state index is 13.4. The van der Waals surface area contributed by atoms with Crippen LogP contribution in [0, 0.1) is 5.82 Å². The van der Waals surface area contributed by atoms with E-state index >= 15 is 0 Å². The van der Waals surface area contributed by atoms with Crippen molar-refractivity contribution in [2.45, 2.75) is 25.0 Å². The van der Waals surface area contributed by atoms with Crippen molar-refractivity contribution in [2.24, 2.45) is 7.05 Å². The van der Waals surface area contributed by atoms with E-state index in [2.05, 4.69) is 10.00 Å². The molecule has 4 nitrogen and oxygen atoms in total. The van der Waals surface area contributed by atoms with Gasteiger partial charge in [-0.1, -0.05) is 12.1 Å². The maximum atomic E-state index is 13.4. The highest BCUT2D eigenvalue weighted by Gasteiger charge is 2.31. The molecule has 2 heterocycles. The van der Waals surface area contributed by atoms with E-state index in [9.17, 15) is 9.50 Å². The zero-order valence-corrected chi connectivity index (χ0v) is 12.1. The third kappa shape index (κ3) is 3.31. The summed E-state index contributed by atoms with van der Waals surface area (Å²) in [4.78, 5) is 2.23. The minimum atomic E-state index is -0.341. The summed E-state index contributed by atoms with van der Waals surface area (Å²) < 4.78 is 15.2. The monoisotopic (exact) mass is 289 g/mol. The van der Waals surface area contributed by atoms with Crippen molar-refractivity contribution < 1.29 is 9.50 Å². The van der Waals surface area contributed by atoms with Gasteiger partial charge in [0.15, 0.2) is 0 Å². The Morgan fingerprint density at radius 2 is 2.29 bits per heavy atom. The lowest BCUT2D eigenvalue weighted by Gasteiger charge is -2.24. The van der Waals surface area contributed by atoms with Gasteiger partial charge in [0, 0.05) is 32.4 Å². The third-order valence-electron chi connectivity index (χ3n) is 4.06. The van der Waals surface area contributed by atoms with E-state index in [1.807, 2.05) is 25.5 Å². The number of aliphatic hydroxyl groups excluding tert-OH is 1. The first-order valence-electron chi connectivity index (χ1n) is 7.27. The molecular weight excluding hydrogens is 269 g/mol. The van der Waals surface area contributed by atoms with Crippen LogP contribution < -0.4 is 0 Å². The van der Waals surface area contributed by atoms with Crippen LogP contribution in [-0.4, -0.2) is 39.0 Å². The van der Waals surface area contributed by atoms with Gasteiger partial charge in [-0.3, -0.25) is 9.58 Å². The predicted octanol–water partition coefficient (Wildman–Crippen LogP) is 1.91. The first-order chi connectivity index (χ1) is 10.1. The van der Waals surface area contributed by atoms with Crippen LogP contribution in [0.3, 0.4) is 0 Å². The molecule has 0 amide bonds. The fraction of sp³-hybridized carbons (Fsp3) is 0.438. The number of nitrogens with zero attached hydrogens (tertiary/aromatic N) is 3. The molecule has 1 fully saturated rings. The zero-order chi connectivity index (χ0) is 14.8. The summed E-state index contributed by atoms with van der Waals surface area (Å²) in [5.74, 6) is -0.221. The second-order valence-electron chi connectivity index (χ2n) is 5.73. The minimum absolute atomic E-state index is 0.0902. The number of hydrogen-bond acceptors (Lipinski definition) is 3. The van der Waals surface area contributed by atoms with Gasteiger partial charge in [-0.15, -0.1) is 0 Å². The molecule has 1 aromatic carbocycles. The summed E-state index contributed by atoms with van der Waals surface area (Å²) in [5, 5.41) is 14.1. The fourth-order valence-electron chi connectivity index (χ4n) is 3.06. The van der Waals surface area contributed by atoms with E-state index in [0.717, 1.165) is 18.5 Å². The summed E-state index contributed by atoms with van der Waals surface area (Å²) in [6.07, 6.45) is 5.07. The number of rotatable bonds is 4. The Bertz CT molecular complexity index is 613. The number of aliphatic hydroxyl groups is 1. The highest BCUT2D eigenvalue weighted by atomic mass is 19.1. The molecule has 3 rings (SSSR count). The van der Waals surface area contributed by atoms with Gasteiger partial charge in [0.25, 0.3) is 0 Å². The molecule has 2 atom stereocenters. The molecular formula is C16H20FN3O. The number of benzene rings is 1. The van der Waals surface area contributed by atoms with E-state index in [0.29, 0.717) is 13.0 Å². The largest absolute Gasteiger partial charge is 0.392 e. The van der Waals surface area contributed by atoms with Gasteiger partial charge in [-0.2, -0.15) is 5.10 Å². The minimum Gasteiger partial charge on any atom is -0.392 e. The molecule has 112 valence electrons. The molecule has 2 unspecified atom stereocenters. The van der Waals surface area contributed by atoms with Crippen molar-refractivity contribution in [1.29, 1.82) is 0 Å². The molecule has 21 heavy (non-hydrogen) atoms. The summed E-state index contributed by atoms with van der Waals surface area (Å²) in [6.45, 7) is 1.48. The van der Waals surface area contributed by atoms with Crippen molar-refractivity contribution >= 4 is 0 Å². The van der Waals surface area contributed by atoms with E-state index in [1.54, 1.807) is 16.8 Å². The van der Waals surface area contributed by atoms with Gasteiger partial charge in [-0.05, 0) is 36.1 Å². The number of aromatic nitrogens is 2. The van der Waals surface area contributed by atoms with E-state index in [1.165, 1.54) is 11.6 Å². The lowest BCUT2D eigenvalue weighted by atomic mass is 10.0. The Hall–Kier alpha value is -1.72. The van der Waals surface area contributed by atoms with Crippen LogP contribution in [0.2, 0.25) is 0 Å². The van der Waals surface area contributed by atoms with E-state index < -0.39 is 0 Å². The molecule has 0 aliphatic carbocycles. The predicted molar refractivity (Wildman–Crippen MR) is 78.2 cm³/mol. The number of hydrogen-bond donors (Lipinski definition) is 1. The Kier molecular flexibility index (Phi) is 4.03. The van der Waals surface area contributed by atoms with E-state index in [-0.39, 0.29) is 18.0 Å². The first-order valence-corrected chi connectivity index (χ1v) is 7.27. The first kappa shape index (κ1) is 14.2. The van der Waals surface area contributed by atoms with Gasteiger partial charge in [-0.25, -0.2) is 4.39 Å². The van der Waals surface area contributed by atoms with Crippen molar-refractivity contribution in [2.75, 3.05) is 13.1 Å². The number of β-amino-alcohol motifs (C(OH)–C–C–N with tert-alkyl or cyclic N) is 1. The number of aryl methyl sites for hydroxylation is 1. The smallest absolute Gasteiger partial charge is 0.123 e. The molecule has 1 saturated heterocycles. The normalized spacial score (nSPS) is 22.8. The molecule has 0 spiro atoms. The fourth-order valence-corrected chi connectivity index (χ4v) is 3.06. The average Bonchev–Trinajstić information content (AvgIpc) is 3.02. The average molecular weight is 289 g/mol. The Morgan fingerprint density at radius 1 is 1.43 bits per heavy atom. The maximum Gasteiger partial charge on any atom is 0.123 e. The van der Waals surface area contributed by atoms with Crippen LogP contribution in [-0.2, 0) is 13.5 Å². The van der Waals surface area contributed by atoms with Gasteiger partial charge in [0.2, 0.25) is 0 Å². The van der Waals surface area contributed by atoms with Gasteiger partial charge in [0.05, 0.1) is 12.3 Å². The Labute approximate surface area is 123 Å². The van der Waals surface area contributed by atoms with Crippen LogP contribution in [0.15, 0.2) is 36.7 Å². The molecule has 1 aliphatic rings. The Morgan fingerprint density at radius 3 is 3.00 bits per heavy atom. The standard InChI is InChI=1S/C16H20FN3O/c1-19-10-12(9-18-19)5-6-20-11-15(21)8-16(20)13-3-2-4-14(17)7-13/h2-4,7,9-10,15-16,21H,5-6,8,11H2,1H3. The summed E-state index contributed by atoms with van der Waals surface area (Å²) in [5.41, 5.74) is 2.12. The molecule has 2 aromatic rings. The van der Waals surface area contributed by atoms with Crippen LogP contribution in [0.25, 0.3) is 0 Å². The molecule has 5 heteroatoms. The number of halogens is 1. The van der Waals surface area contributed by atoms with Crippen LogP contribution in [0.4, 0.5) is 4.39 Å². The van der Waals surface area contributed by atoms with E-state index in [4.69, 9.17) is 0 Å². The van der Waals surface area contributed by atoms with Crippen molar-refractivity contribution in [3.8, 4) is 0 Å². The molecule has 0 saturated carbocycles.